The zero-order valence-corrected chi connectivity index (χ0v) is 21.2. The molecule has 0 bridgehead atoms. The number of thiophene rings is 1. The molecule has 0 radical (unpaired) electrons. The van der Waals surface area contributed by atoms with Crippen molar-refractivity contribution in [1.29, 1.82) is 0 Å². The first-order valence-electron chi connectivity index (χ1n) is 13.0. The lowest BCUT2D eigenvalue weighted by molar-refractivity contribution is 0.122. The summed E-state index contributed by atoms with van der Waals surface area (Å²) in [7, 11) is 0. The van der Waals surface area contributed by atoms with E-state index in [4.69, 9.17) is 14.7 Å². The van der Waals surface area contributed by atoms with Gasteiger partial charge < -0.3 is 19.9 Å². The number of halogens is 1. The summed E-state index contributed by atoms with van der Waals surface area (Å²) < 4.78 is 21.8. The summed E-state index contributed by atoms with van der Waals surface area (Å²) in [6.07, 6.45) is 6.90. The van der Waals surface area contributed by atoms with Crippen LogP contribution in [0.5, 0.6) is 0 Å². The molecule has 3 aliphatic rings. The number of fused-ring (bicyclic) bond motifs is 2. The summed E-state index contributed by atoms with van der Waals surface area (Å²) in [6.45, 7) is 7.22. The van der Waals surface area contributed by atoms with E-state index in [-0.39, 0.29) is 5.82 Å². The molecule has 2 N–H and O–H groups in total. The van der Waals surface area contributed by atoms with Crippen molar-refractivity contribution in [3.05, 3.63) is 41.2 Å². The highest BCUT2D eigenvalue weighted by atomic mass is 32.1. The van der Waals surface area contributed by atoms with E-state index in [1.807, 2.05) is 12.3 Å². The van der Waals surface area contributed by atoms with Crippen molar-refractivity contribution >= 4 is 38.3 Å². The number of hydrogen-bond donors (Lipinski definition) is 2. The Morgan fingerprint density at radius 1 is 1.06 bits per heavy atom. The summed E-state index contributed by atoms with van der Waals surface area (Å²) in [5, 5.41) is 4.57. The predicted molar refractivity (Wildman–Crippen MR) is 142 cm³/mol. The van der Waals surface area contributed by atoms with Gasteiger partial charge in [0.25, 0.3) is 0 Å². The van der Waals surface area contributed by atoms with E-state index in [0.29, 0.717) is 30.1 Å². The molecule has 0 saturated carbocycles. The van der Waals surface area contributed by atoms with Crippen molar-refractivity contribution in [2.75, 3.05) is 50.8 Å². The number of anilines is 1. The molecule has 3 aliphatic heterocycles. The molecule has 0 atom stereocenters. The summed E-state index contributed by atoms with van der Waals surface area (Å²) in [5.74, 6) is 1.05. The minimum atomic E-state index is -0.299. The van der Waals surface area contributed by atoms with Gasteiger partial charge in [-0.3, -0.25) is 4.90 Å². The molecule has 0 aliphatic carbocycles. The van der Waals surface area contributed by atoms with E-state index in [1.165, 1.54) is 43.2 Å². The van der Waals surface area contributed by atoms with E-state index in [2.05, 4.69) is 26.2 Å². The molecular formula is C27H31FN6OS. The van der Waals surface area contributed by atoms with Crippen molar-refractivity contribution in [3.63, 3.8) is 0 Å². The molecule has 3 fully saturated rings. The highest BCUT2D eigenvalue weighted by Gasteiger charge is 2.36. The first-order chi connectivity index (χ1) is 17.7. The average Bonchev–Trinajstić information content (AvgIpc) is 3.65. The molecule has 7 nitrogen and oxygen atoms in total. The Morgan fingerprint density at radius 2 is 1.92 bits per heavy atom. The molecule has 6 heterocycles. The van der Waals surface area contributed by atoms with Crippen LogP contribution in [0.1, 0.15) is 30.6 Å². The Morgan fingerprint density at radius 3 is 2.72 bits per heavy atom. The Hall–Kier alpha value is -2.59. The molecule has 7 rings (SSSR count). The van der Waals surface area contributed by atoms with Crippen LogP contribution < -0.4 is 10.2 Å². The van der Waals surface area contributed by atoms with Gasteiger partial charge in [-0.1, -0.05) is 0 Å². The number of likely N-dealkylation sites (tertiary alicyclic amines) is 1. The van der Waals surface area contributed by atoms with Gasteiger partial charge in [-0.05, 0) is 56.5 Å². The number of H-pyrrole nitrogens is 1. The number of rotatable bonds is 4. The fourth-order valence-corrected chi connectivity index (χ4v) is 7.29. The molecule has 0 unspecified atom stereocenters. The van der Waals surface area contributed by atoms with E-state index < -0.39 is 0 Å². The predicted octanol–water partition coefficient (Wildman–Crippen LogP) is 4.53. The van der Waals surface area contributed by atoms with Gasteiger partial charge in [0.1, 0.15) is 5.82 Å². The summed E-state index contributed by atoms with van der Waals surface area (Å²) >= 11 is 1.78. The number of hydrogen-bond acceptors (Lipinski definition) is 7. The Bertz CT molecular complexity index is 1390. The third kappa shape index (κ3) is 3.98. The minimum absolute atomic E-state index is 0.299. The molecule has 3 saturated heterocycles. The van der Waals surface area contributed by atoms with Crippen LogP contribution in [-0.2, 0) is 11.3 Å². The van der Waals surface area contributed by atoms with Gasteiger partial charge in [0, 0.05) is 60.2 Å². The van der Waals surface area contributed by atoms with Crippen LogP contribution in [0.3, 0.4) is 0 Å². The van der Waals surface area contributed by atoms with Crippen LogP contribution in [0.25, 0.3) is 32.5 Å². The molecule has 1 aromatic carbocycles. The normalized spacial score (nSPS) is 20.8. The van der Waals surface area contributed by atoms with Gasteiger partial charge in [0.15, 0.2) is 11.6 Å². The van der Waals surface area contributed by atoms with Crippen LogP contribution in [0.4, 0.5) is 10.2 Å². The quantitative estimate of drug-likeness (QED) is 0.424. The Kier molecular flexibility index (Phi) is 5.69. The summed E-state index contributed by atoms with van der Waals surface area (Å²) in [5.41, 5.74) is 2.63. The molecule has 3 aromatic heterocycles. The minimum Gasteiger partial charge on any atom is -0.378 e. The van der Waals surface area contributed by atoms with Gasteiger partial charge in [0.05, 0.1) is 29.0 Å². The Balaban J connectivity index is 1.26. The molecular weight excluding hydrogens is 475 g/mol. The number of piperidine rings is 1. The fourth-order valence-electron chi connectivity index (χ4n) is 6.13. The maximum atomic E-state index is 15.2. The second-order valence-electron chi connectivity index (χ2n) is 10.3. The van der Waals surface area contributed by atoms with Crippen LogP contribution in [0.15, 0.2) is 30.5 Å². The second kappa shape index (κ2) is 9.06. The monoisotopic (exact) mass is 506 g/mol. The lowest BCUT2D eigenvalue weighted by Gasteiger charge is -2.39. The van der Waals surface area contributed by atoms with E-state index in [1.54, 1.807) is 17.4 Å². The number of aromatic amines is 1. The van der Waals surface area contributed by atoms with Crippen molar-refractivity contribution in [1.82, 2.24) is 25.2 Å². The number of ether oxygens (including phenoxy) is 1. The molecule has 4 aromatic rings. The van der Waals surface area contributed by atoms with Crippen molar-refractivity contribution in [3.8, 4) is 11.4 Å². The van der Waals surface area contributed by atoms with E-state index >= 15 is 4.39 Å². The SMILES string of the molecule is Fc1ccc2[nH]ccc2c1-c1nc(N2CCOCC2)c2sc(CN3CCC4(CCCN4)CC3)cc2n1. The first kappa shape index (κ1) is 22.6. The van der Waals surface area contributed by atoms with Crippen LogP contribution in [-0.4, -0.2) is 71.3 Å². The number of benzene rings is 1. The van der Waals surface area contributed by atoms with Gasteiger partial charge >= 0.3 is 0 Å². The number of nitrogens with zero attached hydrogens (tertiary/aromatic N) is 4. The molecule has 36 heavy (non-hydrogen) atoms. The molecule has 0 amide bonds. The van der Waals surface area contributed by atoms with Gasteiger partial charge in [-0.25, -0.2) is 14.4 Å². The standard InChI is InChI=1S/C27H31FN6OS/c28-20-2-3-21-19(4-9-29-21)23(20)25-31-22-16-18(17-33-10-6-27(7-11-33)5-1-8-30-27)36-24(22)26(32-25)34-12-14-35-15-13-34/h2-4,9,16,29-30H,1,5-8,10-15,17H2. The molecule has 9 heteroatoms. The maximum absolute atomic E-state index is 15.2. The zero-order chi connectivity index (χ0) is 24.1. The lowest BCUT2D eigenvalue weighted by atomic mass is 9.86. The van der Waals surface area contributed by atoms with Crippen molar-refractivity contribution in [2.45, 2.75) is 37.8 Å². The zero-order valence-electron chi connectivity index (χ0n) is 20.4. The second-order valence-corrected chi connectivity index (χ2v) is 11.5. The van der Waals surface area contributed by atoms with Crippen molar-refractivity contribution < 1.29 is 9.13 Å². The van der Waals surface area contributed by atoms with Crippen LogP contribution >= 0.6 is 11.3 Å². The fraction of sp³-hybridized carbons (Fsp3) is 0.481. The van der Waals surface area contributed by atoms with Gasteiger partial charge in [0.2, 0.25) is 0 Å². The molecule has 1 spiro atoms. The van der Waals surface area contributed by atoms with E-state index in [0.717, 1.165) is 59.7 Å². The smallest absolute Gasteiger partial charge is 0.165 e. The van der Waals surface area contributed by atoms with Crippen molar-refractivity contribution in [2.24, 2.45) is 0 Å². The third-order valence-electron chi connectivity index (χ3n) is 8.15. The maximum Gasteiger partial charge on any atom is 0.165 e. The van der Waals surface area contributed by atoms with Gasteiger partial charge in [-0.2, -0.15) is 0 Å². The van der Waals surface area contributed by atoms with Crippen LogP contribution in [0.2, 0.25) is 0 Å². The average molecular weight is 507 g/mol. The number of morpholine rings is 1. The largest absolute Gasteiger partial charge is 0.378 e. The van der Waals surface area contributed by atoms with Gasteiger partial charge in [-0.15, -0.1) is 11.3 Å². The highest BCUT2D eigenvalue weighted by molar-refractivity contribution is 7.19. The summed E-state index contributed by atoms with van der Waals surface area (Å²) in [6, 6.07) is 7.36. The number of nitrogens with one attached hydrogen (secondary N) is 2. The first-order valence-corrected chi connectivity index (χ1v) is 13.9. The lowest BCUT2D eigenvalue weighted by Crippen LogP contribution is -2.49. The Labute approximate surface area is 213 Å². The summed E-state index contributed by atoms with van der Waals surface area (Å²) in [4.78, 5) is 19.2. The third-order valence-corrected chi connectivity index (χ3v) is 9.25. The highest BCUT2D eigenvalue weighted by Crippen LogP contribution is 2.38. The number of aromatic nitrogens is 3. The van der Waals surface area contributed by atoms with E-state index in [9.17, 15) is 0 Å². The topological polar surface area (TPSA) is 69.3 Å². The molecule has 188 valence electrons. The van der Waals surface area contributed by atoms with Crippen LogP contribution in [0, 0.1) is 5.82 Å².